The number of nitrogens with one attached hydrogen (secondary N) is 1. The van der Waals surface area contributed by atoms with Crippen LogP contribution in [0.5, 0.6) is 5.75 Å². The van der Waals surface area contributed by atoms with Gasteiger partial charge in [0, 0.05) is 6.07 Å². The zero-order chi connectivity index (χ0) is 15.9. The van der Waals surface area contributed by atoms with Crippen LogP contribution in [0.25, 0.3) is 5.70 Å². The highest BCUT2D eigenvalue weighted by molar-refractivity contribution is 5.94. The Hall–Kier alpha value is -2.89. The lowest BCUT2D eigenvalue weighted by molar-refractivity contribution is -0.137. The fourth-order valence-electron chi connectivity index (χ4n) is 1.83. The van der Waals surface area contributed by atoms with E-state index < -0.39 is 5.97 Å². The van der Waals surface area contributed by atoms with Gasteiger partial charge in [-0.05, 0) is 31.2 Å². The summed E-state index contributed by atoms with van der Waals surface area (Å²) in [6.07, 6.45) is 2.85. The van der Waals surface area contributed by atoms with Crippen LogP contribution >= 0.6 is 0 Å². The molecule has 3 N–H and O–H groups in total. The van der Waals surface area contributed by atoms with Crippen molar-refractivity contribution in [2.45, 2.75) is 6.92 Å². The van der Waals surface area contributed by atoms with Crippen LogP contribution in [0.1, 0.15) is 12.7 Å². The van der Waals surface area contributed by atoms with Crippen molar-refractivity contribution in [1.29, 1.82) is 0 Å². The molecule has 0 aliphatic carbocycles. The normalized spacial score (nSPS) is 11.1. The monoisotopic (exact) mass is 302 g/mol. The third-order valence-electron chi connectivity index (χ3n) is 2.86. The van der Waals surface area contributed by atoms with Gasteiger partial charge in [0.1, 0.15) is 11.5 Å². The van der Waals surface area contributed by atoms with E-state index in [2.05, 4.69) is 5.32 Å². The fraction of sp³-hybridized carbons (Fsp3) is 0.188. The number of methoxy groups -OCH3 is 1. The first-order chi connectivity index (χ1) is 10.6. The molecule has 0 radical (unpaired) electrons. The van der Waals surface area contributed by atoms with Crippen LogP contribution in [0.3, 0.4) is 0 Å². The number of benzene rings is 1. The molecule has 0 atom stereocenters. The molecule has 6 heteroatoms. The predicted octanol–water partition coefficient (Wildman–Crippen LogP) is 2.89. The Kier molecular flexibility index (Phi) is 5.08. The highest BCUT2D eigenvalue weighted by Crippen LogP contribution is 2.27. The molecule has 2 rings (SSSR count). The van der Waals surface area contributed by atoms with Crippen LogP contribution < -0.4 is 15.8 Å². The van der Waals surface area contributed by atoms with Gasteiger partial charge >= 0.3 is 5.97 Å². The van der Waals surface area contributed by atoms with Gasteiger partial charge in [-0.25, -0.2) is 4.79 Å². The summed E-state index contributed by atoms with van der Waals surface area (Å²) in [4.78, 5) is 11.7. The second kappa shape index (κ2) is 7.21. The van der Waals surface area contributed by atoms with Crippen molar-refractivity contribution in [3.05, 3.63) is 48.4 Å². The summed E-state index contributed by atoms with van der Waals surface area (Å²) < 4.78 is 15.4. The topological polar surface area (TPSA) is 86.7 Å². The van der Waals surface area contributed by atoms with Gasteiger partial charge in [-0.3, -0.25) is 0 Å². The van der Waals surface area contributed by atoms with Crippen molar-refractivity contribution in [1.82, 2.24) is 0 Å². The average molecular weight is 302 g/mol. The number of hydrogen-bond acceptors (Lipinski definition) is 6. The molecule has 116 valence electrons. The van der Waals surface area contributed by atoms with Crippen molar-refractivity contribution < 1.29 is 18.7 Å². The number of nitrogens with two attached hydrogens (primary N) is 1. The Labute approximate surface area is 128 Å². The summed E-state index contributed by atoms with van der Waals surface area (Å²) in [5.41, 5.74) is 7.55. The van der Waals surface area contributed by atoms with E-state index in [1.165, 1.54) is 12.3 Å². The lowest BCUT2D eigenvalue weighted by Gasteiger charge is -2.12. The first-order valence-electron chi connectivity index (χ1n) is 6.77. The molecule has 1 aromatic carbocycles. The van der Waals surface area contributed by atoms with Crippen LogP contribution in [0.2, 0.25) is 0 Å². The largest absolute Gasteiger partial charge is 0.497 e. The molecule has 0 saturated carbocycles. The summed E-state index contributed by atoms with van der Waals surface area (Å²) in [6, 6.07) is 8.68. The van der Waals surface area contributed by atoms with Crippen LogP contribution in [0, 0.1) is 0 Å². The van der Waals surface area contributed by atoms with Gasteiger partial charge in [-0.2, -0.15) is 0 Å². The number of nitrogen functional groups attached to an aromatic ring is 1. The second-order valence-corrected chi connectivity index (χ2v) is 4.37. The quantitative estimate of drug-likeness (QED) is 0.485. The number of rotatable bonds is 6. The highest BCUT2D eigenvalue weighted by Gasteiger charge is 2.11. The molecule has 0 bridgehead atoms. The molecule has 1 aromatic heterocycles. The molecule has 0 saturated heterocycles. The minimum Gasteiger partial charge on any atom is -0.497 e. The number of carbonyl (C=O) groups is 1. The molecule has 1 heterocycles. The molecule has 22 heavy (non-hydrogen) atoms. The maximum atomic E-state index is 11.7. The number of anilines is 2. The van der Waals surface area contributed by atoms with Crippen LogP contribution in [-0.2, 0) is 9.53 Å². The Morgan fingerprint density at radius 2 is 2.23 bits per heavy atom. The van der Waals surface area contributed by atoms with E-state index in [9.17, 15) is 4.79 Å². The molecule has 6 nitrogen and oxygen atoms in total. The lowest BCUT2D eigenvalue weighted by Crippen LogP contribution is -2.06. The Bertz CT molecular complexity index is 663. The van der Waals surface area contributed by atoms with Gasteiger partial charge in [0.25, 0.3) is 0 Å². The number of hydrogen-bond donors (Lipinski definition) is 2. The summed E-state index contributed by atoms with van der Waals surface area (Å²) in [6.45, 7) is 2.04. The number of esters is 1. The van der Waals surface area contributed by atoms with Gasteiger partial charge in [-0.15, -0.1) is 0 Å². The summed E-state index contributed by atoms with van der Waals surface area (Å²) in [5.74, 6) is 0.689. The van der Waals surface area contributed by atoms with Crippen molar-refractivity contribution in [2.24, 2.45) is 0 Å². The van der Waals surface area contributed by atoms with E-state index in [1.54, 1.807) is 44.4 Å². The zero-order valence-electron chi connectivity index (χ0n) is 12.5. The summed E-state index contributed by atoms with van der Waals surface area (Å²) in [7, 11) is 1.57. The van der Waals surface area contributed by atoms with E-state index in [0.717, 1.165) is 0 Å². The molecule has 0 amide bonds. The first-order valence-corrected chi connectivity index (χ1v) is 6.77. The first kappa shape index (κ1) is 15.5. The fourth-order valence-corrected chi connectivity index (χ4v) is 1.83. The maximum Gasteiger partial charge on any atom is 0.332 e. The smallest absolute Gasteiger partial charge is 0.332 e. The zero-order valence-corrected chi connectivity index (χ0v) is 12.5. The number of furan rings is 1. The second-order valence-electron chi connectivity index (χ2n) is 4.37. The van der Waals surface area contributed by atoms with E-state index in [1.807, 2.05) is 0 Å². The van der Waals surface area contributed by atoms with E-state index in [-0.39, 0.29) is 0 Å². The third-order valence-corrected chi connectivity index (χ3v) is 2.86. The maximum absolute atomic E-state index is 11.7. The van der Waals surface area contributed by atoms with Crippen LogP contribution in [0.4, 0.5) is 11.4 Å². The average Bonchev–Trinajstić information content (AvgIpc) is 3.03. The molecule has 2 aromatic rings. The predicted molar refractivity (Wildman–Crippen MR) is 84.3 cm³/mol. The Morgan fingerprint density at radius 1 is 1.41 bits per heavy atom. The van der Waals surface area contributed by atoms with Crippen molar-refractivity contribution >= 4 is 23.0 Å². The molecule has 0 unspecified atom stereocenters. The van der Waals surface area contributed by atoms with E-state index in [0.29, 0.717) is 35.2 Å². The van der Waals surface area contributed by atoms with Crippen molar-refractivity contribution in [3.63, 3.8) is 0 Å². The highest BCUT2D eigenvalue weighted by atomic mass is 16.5. The van der Waals surface area contributed by atoms with Gasteiger partial charge in [-0.1, -0.05) is 0 Å². The standard InChI is InChI=1S/C16H18N2O4/c1-3-21-16(19)10-14(15-5-4-8-22-15)18-13-7-6-11(20-2)9-12(13)17/h4-10,18H,3,17H2,1-2H3/b14-10+. The molecule has 0 fully saturated rings. The van der Waals surface area contributed by atoms with Crippen molar-refractivity contribution in [2.75, 3.05) is 24.8 Å². The van der Waals surface area contributed by atoms with E-state index >= 15 is 0 Å². The molecule has 0 spiro atoms. The van der Waals surface area contributed by atoms with Crippen LogP contribution in [0.15, 0.2) is 47.1 Å². The van der Waals surface area contributed by atoms with Gasteiger partial charge in [0.15, 0.2) is 0 Å². The molecular formula is C16H18N2O4. The lowest BCUT2D eigenvalue weighted by atomic mass is 10.2. The molecular weight excluding hydrogens is 284 g/mol. The number of ether oxygens (including phenoxy) is 2. The summed E-state index contributed by atoms with van der Waals surface area (Å²) >= 11 is 0. The Balaban J connectivity index is 2.29. The van der Waals surface area contributed by atoms with Gasteiger partial charge in [0.05, 0.1) is 43.1 Å². The molecule has 0 aliphatic rings. The Morgan fingerprint density at radius 3 is 2.82 bits per heavy atom. The summed E-state index contributed by atoms with van der Waals surface area (Å²) in [5, 5.41) is 3.08. The van der Waals surface area contributed by atoms with Crippen molar-refractivity contribution in [3.8, 4) is 5.75 Å². The van der Waals surface area contributed by atoms with Crippen LogP contribution in [-0.4, -0.2) is 19.7 Å². The minimum absolute atomic E-state index is 0.297. The minimum atomic E-state index is -0.464. The van der Waals surface area contributed by atoms with Gasteiger partial charge < -0.3 is 24.9 Å². The SMILES string of the molecule is CCOC(=O)/C=C(/Nc1ccc(OC)cc1N)c1ccco1. The van der Waals surface area contributed by atoms with E-state index in [4.69, 9.17) is 19.6 Å². The third kappa shape index (κ3) is 3.82. The molecule has 0 aliphatic heterocycles. The van der Waals surface area contributed by atoms with Gasteiger partial charge in [0.2, 0.25) is 0 Å². The number of carbonyl (C=O) groups excluding carboxylic acids is 1.